The predicted octanol–water partition coefficient (Wildman–Crippen LogP) is 5.40. The van der Waals surface area contributed by atoms with Crippen LogP contribution in [0, 0.1) is 0 Å². The molecule has 0 aliphatic carbocycles. The minimum atomic E-state index is -1.92. The van der Waals surface area contributed by atoms with E-state index in [1.54, 1.807) is 20.5 Å². The second-order valence-corrected chi connectivity index (χ2v) is 21.9. The van der Waals surface area contributed by atoms with E-state index in [4.69, 9.17) is 22.8 Å². The zero-order chi connectivity index (χ0) is 20.1. The van der Waals surface area contributed by atoms with E-state index < -0.39 is 25.0 Å². The molecule has 0 heterocycles. The number of hydrogen-bond donors (Lipinski definition) is 0. The lowest BCUT2D eigenvalue weighted by molar-refractivity contribution is 0.138. The van der Waals surface area contributed by atoms with Crippen molar-refractivity contribution in [2.45, 2.75) is 58.9 Å². The molecule has 0 rings (SSSR count). The van der Waals surface area contributed by atoms with Crippen molar-refractivity contribution in [1.82, 2.24) is 0 Å². The molecule has 0 aromatic rings. The molecular weight excluding hydrogens is 368 g/mol. The van der Waals surface area contributed by atoms with Crippen LogP contribution in [0.5, 0.6) is 0 Å². The van der Waals surface area contributed by atoms with Gasteiger partial charge in [-0.15, -0.1) is 0 Å². The minimum Gasteiger partial charge on any atom is -0.544 e. The SMILES string of the molecule is C=C(O[Si](C)(C)C)C(/C(=C/OC)O[Si](C)(C)C)=C(/OC)O[Si](C)(C)C. The fourth-order valence-corrected chi connectivity index (χ4v) is 4.21. The van der Waals surface area contributed by atoms with Crippen LogP contribution in [0.15, 0.2) is 35.9 Å². The first-order valence-electron chi connectivity index (χ1n) is 8.37. The van der Waals surface area contributed by atoms with Gasteiger partial charge in [0, 0.05) is 0 Å². The Labute approximate surface area is 157 Å². The normalized spacial score (nSPS) is 14.4. The molecule has 0 saturated heterocycles. The second kappa shape index (κ2) is 9.00. The van der Waals surface area contributed by atoms with Gasteiger partial charge in [-0.2, -0.15) is 0 Å². The molecule has 0 unspecified atom stereocenters. The Hall–Kier alpha value is -1.13. The Morgan fingerprint density at radius 3 is 1.48 bits per heavy atom. The van der Waals surface area contributed by atoms with Crippen LogP contribution in [0.2, 0.25) is 58.9 Å². The fourth-order valence-electron chi connectivity index (χ4n) is 1.82. The molecule has 146 valence electrons. The molecule has 0 bridgehead atoms. The number of hydrogen-bond acceptors (Lipinski definition) is 5. The Morgan fingerprint density at radius 1 is 0.720 bits per heavy atom. The monoisotopic (exact) mass is 404 g/mol. The van der Waals surface area contributed by atoms with Crippen LogP contribution in [-0.2, 0) is 22.8 Å². The molecule has 0 amide bonds. The van der Waals surface area contributed by atoms with Gasteiger partial charge in [0.1, 0.15) is 17.6 Å². The number of rotatable bonds is 10. The summed E-state index contributed by atoms with van der Waals surface area (Å²) in [5, 5.41) is 0. The molecule has 8 heteroatoms. The van der Waals surface area contributed by atoms with E-state index in [0.29, 0.717) is 23.0 Å². The first-order chi connectivity index (χ1) is 11.1. The minimum absolute atomic E-state index is 0.365. The van der Waals surface area contributed by atoms with Crippen LogP contribution in [-0.4, -0.2) is 39.2 Å². The zero-order valence-corrected chi connectivity index (χ0v) is 20.8. The summed E-state index contributed by atoms with van der Waals surface area (Å²) in [4.78, 5) is 0. The van der Waals surface area contributed by atoms with Gasteiger partial charge in [-0.3, -0.25) is 0 Å². The van der Waals surface area contributed by atoms with Gasteiger partial charge >= 0.3 is 0 Å². The van der Waals surface area contributed by atoms with Crippen molar-refractivity contribution in [3.8, 4) is 0 Å². The van der Waals surface area contributed by atoms with Crippen molar-refractivity contribution in [3.63, 3.8) is 0 Å². The Bertz CT molecular complexity index is 520. The molecule has 0 N–H and O–H groups in total. The van der Waals surface area contributed by atoms with E-state index in [1.807, 2.05) is 0 Å². The molecule has 0 aromatic heterocycles. The number of ether oxygens (including phenoxy) is 2. The summed E-state index contributed by atoms with van der Waals surface area (Å²) in [6.45, 7) is 23.0. The Balaban J connectivity index is 6.27. The molecular formula is C17H36O5Si3. The van der Waals surface area contributed by atoms with E-state index in [0.717, 1.165) is 0 Å². The van der Waals surface area contributed by atoms with Gasteiger partial charge in [0.2, 0.25) is 25.0 Å². The van der Waals surface area contributed by atoms with Crippen molar-refractivity contribution < 1.29 is 22.8 Å². The topological polar surface area (TPSA) is 46.2 Å². The van der Waals surface area contributed by atoms with Crippen LogP contribution < -0.4 is 0 Å². The zero-order valence-electron chi connectivity index (χ0n) is 17.8. The summed E-state index contributed by atoms with van der Waals surface area (Å²) in [6.07, 6.45) is 1.55. The highest BCUT2D eigenvalue weighted by molar-refractivity contribution is 6.70. The largest absolute Gasteiger partial charge is 0.544 e. The molecule has 0 radical (unpaired) electrons. The maximum absolute atomic E-state index is 6.22. The molecule has 0 spiro atoms. The number of methoxy groups -OCH3 is 2. The van der Waals surface area contributed by atoms with Gasteiger partial charge in [-0.05, 0) is 58.9 Å². The van der Waals surface area contributed by atoms with Gasteiger partial charge in [0.05, 0.1) is 14.2 Å². The third-order valence-corrected chi connectivity index (χ3v) is 4.87. The molecule has 0 atom stereocenters. The lowest BCUT2D eigenvalue weighted by atomic mass is 10.2. The van der Waals surface area contributed by atoms with Crippen LogP contribution in [0.4, 0.5) is 0 Å². The molecule has 25 heavy (non-hydrogen) atoms. The van der Waals surface area contributed by atoms with Crippen LogP contribution >= 0.6 is 0 Å². The third kappa shape index (κ3) is 10.5. The van der Waals surface area contributed by atoms with Gasteiger partial charge < -0.3 is 22.8 Å². The summed E-state index contributed by atoms with van der Waals surface area (Å²) >= 11 is 0. The third-order valence-electron chi connectivity index (χ3n) is 2.38. The first kappa shape index (κ1) is 23.9. The molecule has 0 saturated carbocycles. The summed E-state index contributed by atoms with van der Waals surface area (Å²) in [5.41, 5.74) is 0.580. The van der Waals surface area contributed by atoms with Gasteiger partial charge in [-0.1, -0.05) is 6.58 Å². The lowest BCUT2D eigenvalue weighted by Crippen LogP contribution is -2.31. The second-order valence-electron chi connectivity index (χ2n) is 8.65. The standard InChI is InChI=1S/C17H36O5Si3/c1-14(20-23(4,5)6)16(17(19-3)22-25(10,11)12)15(13-18-2)21-24(7,8)9/h13H,1H2,2-12H3/b15-13-,17-16+. The van der Waals surface area contributed by atoms with Gasteiger partial charge in [0.15, 0.2) is 5.76 Å². The quantitative estimate of drug-likeness (QED) is 0.277. The van der Waals surface area contributed by atoms with Crippen molar-refractivity contribution in [1.29, 1.82) is 0 Å². The first-order valence-corrected chi connectivity index (χ1v) is 18.6. The molecule has 0 aliphatic heterocycles. The molecule has 0 aliphatic rings. The predicted molar refractivity (Wildman–Crippen MR) is 112 cm³/mol. The lowest BCUT2D eigenvalue weighted by Gasteiger charge is -2.29. The average Bonchev–Trinajstić information content (AvgIpc) is 2.32. The van der Waals surface area contributed by atoms with Crippen molar-refractivity contribution in [2.75, 3.05) is 14.2 Å². The molecule has 0 aromatic carbocycles. The summed E-state index contributed by atoms with van der Waals surface area (Å²) < 4.78 is 29.3. The smallest absolute Gasteiger partial charge is 0.280 e. The molecule has 0 fully saturated rings. The highest BCUT2D eigenvalue weighted by Gasteiger charge is 2.31. The summed E-state index contributed by atoms with van der Waals surface area (Å²) in [5.74, 6) is 1.37. The van der Waals surface area contributed by atoms with Gasteiger partial charge in [-0.25, -0.2) is 0 Å². The van der Waals surface area contributed by atoms with Crippen molar-refractivity contribution in [2.24, 2.45) is 0 Å². The van der Waals surface area contributed by atoms with Crippen molar-refractivity contribution in [3.05, 3.63) is 35.9 Å². The highest BCUT2D eigenvalue weighted by Crippen LogP contribution is 2.31. The van der Waals surface area contributed by atoms with E-state index in [1.165, 1.54) is 0 Å². The maximum Gasteiger partial charge on any atom is 0.280 e. The Kier molecular flexibility index (Phi) is 8.59. The average molecular weight is 405 g/mol. The van der Waals surface area contributed by atoms with Gasteiger partial charge in [0.25, 0.3) is 5.95 Å². The summed E-state index contributed by atoms with van der Waals surface area (Å²) in [7, 11) is -2.54. The fraction of sp³-hybridized carbons (Fsp3) is 0.647. The van der Waals surface area contributed by atoms with E-state index in [2.05, 4.69) is 65.5 Å². The van der Waals surface area contributed by atoms with Crippen LogP contribution in [0.3, 0.4) is 0 Å². The van der Waals surface area contributed by atoms with E-state index >= 15 is 0 Å². The Morgan fingerprint density at radius 2 is 1.16 bits per heavy atom. The molecule has 5 nitrogen and oxygen atoms in total. The maximum atomic E-state index is 6.22. The van der Waals surface area contributed by atoms with E-state index in [-0.39, 0.29) is 0 Å². The van der Waals surface area contributed by atoms with Crippen LogP contribution in [0.1, 0.15) is 0 Å². The van der Waals surface area contributed by atoms with Crippen LogP contribution in [0.25, 0.3) is 0 Å². The van der Waals surface area contributed by atoms with Crippen molar-refractivity contribution >= 4 is 25.0 Å². The summed E-state index contributed by atoms with van der Waals surface area (Å²) in [6, 6.07) is 0. The highest BCUT2D eigenvalue weighted by atomic mass is 28.4. The van der Waals surface area contributed by atoms with E-state index in [9.17, 15) is 0 Å².